The predicted octanol–water partition coefficient (Wildman–Crippen LogP) is 2.27. The van der Waals surface area contributed by atoms with Crippen LogP contribution in [-0.4, -0.2) is 38.4 Å². The lowest BCUT2D eigenvalue weighted by Gasteiger charge is -2.57. The molecule has 1 aliphatic rings. The standard InChI is InChI=1S/C18H28N2O4.ClH/c1-6-24-15-10-18(19,17(15,2)3)16(21)20-11-12-7-8-13(22-4)9-14(12)23-5;/h7-9,15H,6,10-11,19H2,1-5H3,(H,20,21);1H. The maximum absolute atomic E-state index is 12.7. The van der Waals surface area contributed by atoms with Crippen molar-refractivity contribution in [3.05, 3.63) is 23.8 Å². The van der Waals surface area contributed by atoms with E-state index in [9.17, 15) is 4.79 Å². The summed E-state index contributed by atoms with van der Waals surface area (Å²) in [6, 6.07) is 5.49. The number of halogens is 1. The van der Waals surface area contributed by atoms with Crippen molar-refractivity contribution < 1.29 is 19.0 Å². The van der Waals surface area contributed by atoms with Gasteiger partial charge in [-0.1, -0.05) is 13.8 Å². The van der Waals surface area contributed by atoms with Crippen molar-refractivity contribution in [2.75, 3.05) is 20.8 Å². The van der Waals surface area contributed by atoms with E-state index < -0.39 is 11.0 Å². The molecule has 7 heteroatoms. The van der Waals surface area contributed by atoms with E-state index in [0.29, 0.717) is 31.1 Å². The van der Waals surface area contributed by atoms with Crippen molar-refractivity contribution in [3.8, 4) is 11.5 Å². The Labute approximate surface area is 155 Å². The van der Waals surface area contributed by atoms with Crippen molar-refractivity contribution in [2.24, 2.45) is 11.1 Å². The normalized spacial score (nSPS) is 23.8. The van der Waals surface area contributed by atoms with Gasteiger partial charge in [-0.25, -0.2) is 0 Å². The Hall–Kier alpha value is -1.50. The Balaban J connectivity index is 0.00000312. The molecule has 1 aromatic carbocycles. The van der Waals surface area contributed by atoms with Crippen molar-refractivity contribution in [3.63, 3.8) is 0 Å². The predicted molar refractivity (Wildman–Crippen MR) is 99.4 cm³/mol. The van der Waals surface area contributed by atoms with E-state index in [1.54, 1.807) is 20.3 Å². The smallest absolute Gasteiger partial charge is 0.241 e. The Morgan fingerprint density at radius 1 is 1.32 bits per heavy atom. The maximum Gasteiger partial charge on any atom is 0.241 e. The van der Waals surface area contributed by atoms with E-state index in [4.69, 9.17) is 19.9 Å². The molecule has 1 aromatic rings. The van der Waals surface area contributed by atoms with Crippen molar-refractivity contribution in [1.29, 1.82) is 0 Å². The first-order valence-corrected chi connectivity index (χ1v) is 8.19. The summed E-state index contributed by atoms with van der Waals surface area (Å²) in [5, 5.41) is 2.93. The number of nitrogens with two attached hydrogens (primary N) is 1. The van der Waals surface area contributed by atoms with Gasteiger partial charge < -0.3 is 25.3 Å². The third-order valence-electron chi connectivity index (χ3n) is 5.17. The average molecular weight is 373 g/mol. The van der Waals surface area contributed by atoms with Crippen molar-refractivity contribution in [2.45, 2.75) is 45.4 Å². The summed E-state index contributed by atoms with van der Waals surface area (Å²) >= 11 is 0. The Bertz CT molecular complexity index is 609. The fraction of sp³-hybridized carbons (Fsp3) is 0.611. The first-order valence-electron chi connectivity index (χ1n) is 8.19. The Morgan fingerprint density at radius 3 is 2.52 bits per heavy atom. The third kappa shape index (κ3) is 3.86. The highest BCUT2D eigenvalue weighted by atomic mass is 35.5. The van der Waals surface area contributed by atoms with Crippen LogP contribution in [0.2, 0.25) is 0 Å². The minimum atomic E-state index is -0.924. The van der Waals surface area contributed by atoms with Crippen LogP contribution in [0, 0.1) is 5.41 Å². The summed E-state index contributed by atoms with van der Waals surface area (Å²) in [6.07, 6.45) is 0.535. The molecule has 0 radical (unpaired) electrons. The van der Waals surface area contributed by atoms with Crippen LogP contribution in [-0.2, 0) is 16.1 Å². The summed E-state index contributed by atoms with van der Waals surface area (Å²) in [6.45, 7) is 6.87. The molecule has 6 nitrogen and oxygen atoms in total. The van der Waals surface area contributed by atoms with E-state index in [-0.39, 0.29) is 24.4 Å². The minimum Gasteiger partial charge on any atom is -0.497 e. The molecule has 0 bridgehead atoms. The van der Waals surface area contributed by atoms with Gasteiger partial charge in [0, 0.05) is 36.6 Å². The number of carbonyl (C=O) groups excluding carboxylic acids is 1. The second kappa shape index (κ2) is 8.25. The molecule has 1 fully saturated rings. The summed E-state index contributed by atoms with van der Waals surface area (Å²) in [4.78, 5) is 12.7. The maximum atomic E-state index is 12.7. The molecule has 142 valence electrons. The Kier molecular flexibility index (Phi) is 7.11. The largest absolute Gasteiger partial charge is 0.497 e. The summed E-state index contributed by atoms with van der Waals surface area (Å²) < 4.78 is 16.2. The molecule has 25 heavy (non-hydrogen) atoms. The average Bonchev–Trinajstić information content (AvgIpc) is 2.58. The molecular formula is C18H29ClN2O4. The molecule has 2 unspecified atom stereocenters. The molecule has 0 spiro atoms. The minimum absolute atomic E-state index is 0. The number of rotatable bonds is 7. The van der Waals surface area contributed by atoms with Crippen LogP contribution in [0.1, 0.15) is 32.8 Å². The highest BCUT2D eigenvalue weighted by molar-refractivity contribution is 5.88. The quantitative estimate of drug-likeness (QED) is 0.767. The van der Waals surface area contributed by atoms with Gasteiger partial charge in [0.2, 0.25) is 5.91 Å². The molecule has 0 heterocycles. The monoisotopic (exact) mass is 372 g/mol. The molecular weight excluding hydrogens is 344 g/mol. The van der Waals surface area contributed by atoms with E-state index in [0.717, 1.165) is 5.56 Å². The fourth-order valence-electron chi connectivity index (χ4n) is 3.15. The summed E-state index contributed by atoms with van der Waals surface area (Å²) in [7, 11) is 3.19. The second-order valence-electron chi connectivity index (χ2n) is 6.70. The zero-order valence-corrected chi connectivity index (χ0v) is 16.4. The number of nitrogens with one attached hydrogen (secondary N) is 1. The van der Waals surface area contributed by atoms with E-state index >= 15 is 0 Å². The summed E-state index contributed by atoms with van der Waals surface area (Å²) in [5.74, 6) is 1.21. The van der Waals surface area contributed by atoms with Gasteiger partial charge in [-0.15, -0.1) is 12.4 Å². The van der Waals surface area contributed by atoms with Gasteiger partial charge in [0.1, 0.15) is 17.0 Å². The van der Waals surface area contributed by atoms with Crippen molar-refractivity contribution in [1.82, 2.24) is 5.32 Å². The number of hydrogen-bond acceptors (Lipinski definition) is 5. The van der Waals surface area contributed by atoms with Gasteiger partial charge in [0.15, 0.2) is 0 Å². The van der Waals surface area contributed by atoms with Crippen LogP contribution in [0.4, 0.5) is 0 Å². The number of carbonyl (C=O) groups is 1. The van der Waals surface area contributed by atoms with Gasteiger partial charge in [0.25, 0.3) is 0 Å². The lowest BCUT2D eigenvalue weighted by Crippen LogP contribution is -2.75. The molecule has 0 saturated heterocycles. The topological polar surface area (TPSA) is 82.8 Å². The number of hydrogen-bond donors (Lipinski definition) is 2. The number of amides is 1. The number of benzene rings is 1. The van der Waals surface area contributed by atoms with Crippen LogP contribution >= 0.6 is 12.4 Å². The fourth-order valence-corrected chi connectivity index (χ4v) is 3.15. The molecule has 1 saturated carbocycles. The third-order valence-corrected chi connectivity index (χ3v) is 5.17. The zero-order chi connectivity index (χ0) is 18.0. The van der Waals surface area contributed by atoms with Gasteiger partial charge in [0.05, 0.1) is 20.3 Å². The van der Waals surface area contributed by atoms with Crippen LogP contribution in [0.5, 0.6) is 11.5 Å². The van der Waals surface area contributed by atoms with Gasteiger partial charge in [-0.2, -0.15) is 0 Å². The van der Waals surface area contributed by atoms with Gasteiger partial charge >= 0.3 is 0 Å². The van der Waals surface area contributed by atoms with Crippen LogP contribution in [0.15, 0.2) is 18.2 Å². The SMILES string of the molecule is CCOC1CC(N)(C(=O)NCc2ccc(OC)cc2OC)C1(C)C.Cl. The molecule has 1 amide bonds. The summed E-state index contributed by atoms with van der Waals surface area (Å²) in [5.41, 5.74) is 5.92. The zero-order valence-electron chi connectivity index (χ0n) is 15.5. The van der Waals surface area contributed by atoms with E-state index in [1.807, 2.05) is 32.9 Å². The van der Waals surface area contributed by atoms with Crippen LogP contribution in [0.3, 0.4) is 0 Å². The molecule has 0 aromatic heterocycles. The van der Waals surface area contributed by atoms with Crippen molar-refractivity contribution >= 4 is 18.3 Å². The van der Waals surface area contributed by atoms with E-state index in [2.05, 4.69) is 5.32 Å². The van der Waals surface area contributed by atoms with Gasteiger partial charge in [-0.05, 0) is 19.1 Å². The molecule has 0 aliphatic heterocycles. The molecule has 1 aliphatic carbocycles. The van der Waals surface area contributed by atoms with Crippen LogP contribution < -0.4 is 20.5 Å². The van der Waals surface area contributed by atoms with E-state index in [1.165, 1.54) is 0 Å². The van der Waals surface area contributed by atoms with Gasteiger partial charge in [-0.3, -0.25) is 4.79 Å². The number of methoxy groups -OCH3 is 2. The molecule has 2 rings (SSSR count). The first-order chi connectivity index (χ1) is 11.3. The lowest BCUT2D eigenvalue weighted by molar-refractivity contribution is -0.170. The second-order valence-corrected chi connectivity index (χ2v) is 6.70. The highest BCUT2D eigenvalue weighted by Crippen LogP contribution is 2.49. The lowest BCUT2D eigenvalue weighted by atomic mass is 9.54. The molecule has 3 N–H and O–H groups in total. The van der Waals surface area contributed by atoms with Crippen LogP contribution in [0.25, 0.3) is 0 Å². The Morgan fingerprint density at radius 2 is 2.00 bits per heavy atom. The molecule has 2 atom stereocenters. The first kappa shape index (κ1) is 21.5. The highest BCUT2D eigenvalue weighted by Gasteiger charge is 2.62. The number of ether oxygens (including phenoxy) is 3.